The Kier molecular flexibility index (Phi) is 10.4. The zero-order chi connectivity index (χ0) is 24.1. The van der Waals surface area contributed by atoms with E-state index in [9.17, 15) is 19.5 Å². The molecule has 33 heavy (non-hydrogen) atoms. The van der Waals surface area contributed by atoms with Crippen molar-refractivity contribution in [3.8, 4) is 0 Å². The standard InChI is InChI=1S/C24H30N4O5/c25-22(26)19-11-9-17(10-12-19)6-4-5-15-27-21(29)14-13-20(23(30)31)28-24(32)33-16-18-7-2-1-3-8-18/h1-3,7-12,20H,4-6,13-16H2,(H3,25,26)(H,27,29)(H,28,32)(H,30,31). The topological polar surface area (TPSA) is 155 Å². The highest BCUT2D eigenvalue weighted by atomic mass is 16.5. The number of ether oxygens (including phenoxy) is 1. The van der Waals surface area contributed by atoms with Crippen LogP contribution in [-0.4, -0.2) is 41.5 Å². The maximum atomic E-state index is 12.0. The number of hydrogen-bond acceptors (Lipinski definition) is 5. The monoisotopic (exact) mass is 454 g/mol. The molecule has 1 atom stereocenters. The van der Waals surface area contributed by atoms with E-state index >= 15 is 0 Å². The summed E-state index contributed by atoms with van der Waals surface area (Å²) in [5, 5.41) is 21.7. The molecule has 6 N–H and O–H groups in total. The Hall–Kier alpha value is -3.88. The first-order chi connectivity index (χ1) is 15.8. The van der Waals surface area contributed by atoms with Gasteiger partial charge in [0, 0.05) is 18.5 Å². The van der Waals surface area contributed by atoms with Gasteiger partial charge in [-0.2, -0.15) is 0 Å². The average molecular weight is 455 g/mol. The van der Waals surface area contributed by atoms with Crippen LogP contribution in [0.3, 0.4) is 0 Å². The van der Waals surface area contributed by atoms with Crippen molar-refractivity contribution in [1.29, 1.82) is 5.41 Å². The normalized spacial score (nSPS) is 11.3. The number of aryl methyl sites for hydroxylation is 1. The highest BCUT2D eigenvalue weighted by molar-refractivity contribution is 5.94. The number of amides is 2. The molecule has 0 saturated carbocycles. The fourth-order valence-corrected chi connectivity index (χ4v) is 3.06. The quantitative estimate of drug-likeness (QED) is 0.178. The molecular formula is C24H30N4O5. The van der Waals surface area contributed by atoms with E-state index in [0.717, 1.165) is 30.4 Å². The Morgan fingerprint density at radius 1 is 1.00 bits per heavy atom. The SMILES string of the molecule is N=C(N)c1ccc(CCCCNC(=O)CCC(NC(=O)OCc2ccccc2)C(=O)O)cc1. The molecule has 9 heteroatoms. The number of amidine groups is 1. The van der Waals surface area contributed by atoms with E-state index in [-0.39, 0.29) is 31.2 Å². The van der Waals surface area contributed by atoms with Gasteiger partial charge in [0.25, 0.3) is 0 Å². The Balaban J connectivity index is 1.61. The Morgan fingerprint density at radius 3 is 2.33 bits per heavy atom. The molecule has 0 aliphatic carbocycles. The lowest BCUT2D eigenvalue weighted by atomic mass is 10.1. The van der Waals surface area contributed by atoms with Gasteiger partial charge in [-0.1, -0.05) is 54.6 Å². The summed E-state index contributed by atoms with van der Waals surface area (Å²) in [6.45, 7) is 0.509. The first-order valence-electron chi connectivity index (χ1n) is 10.7. The number of carboxylic acids is 1. The maximum absolute atomic E-state index is 12.0. The van der Waals surface area contributed by atoms with Crippen LogP contribution in [0.4, 0.5) is 4.79 Å². The minimum absolute atomic E-state index is 0.0254. The van der Waals surface area contributed by atoms with Gasteiger partial charge in [0.2, 0.25) is 5.91 Å². The van der Waals surface area contributed by atoms with Crippen molar-refractivity contribution in [3.63, 3.8) is 0 Å². The zero-order valence-electron chi connectivity index (χ0n) is 18.4. The van der Waals surface area contributed by atoms with Crippen LogP contribution < -0.4 is 16.4 Å². The third kappa shape index (κ3) is 9.86. The third-order valence-corrected chi connectivity index (χ3v) is 4.94. The summed E-state index contributed by atoms with van der Waals surface area (Å²) >= 11 is 0. The number of rotatable bonds is 13. The van der Waals surface area contributed by atoms with Crippen molar-refractivity contribution in [3.05, 3.63) is 71.3 Å². The van der Waals surface area contributed by atoms with E-state index in [2.05, 4.69) is 10.6 Å². The number of carboxylic acid groups (broad SMARTS) is 1. The minimum atomic E-state index is -1.23. The molecule has 2 aromatic carbocycles. The van der Waals surface area contributed by atoms with Gasteiger partial charge in [-0.25, -0.2) is 9.59 Å². The summed E-state index contributed by atoms with van der Waals surface area (Å²) in [5.74, 6) is -1.46. The summed E-state index contributed by atoms with van der Waals surface area (Å²) in [4.78, 5) is 35.3. The number of alkyl carbamates (subject to hydrolysis) is 1. The first-order valence-corrected chi connectivity index (χ1v) is 10.7. The van der Waals surface area contributed by atoms with Crippen molar-refractivity contribution >= 4 is 23.8 Å². The largest absolute Gasteiger partial charge is 0.480 e. The summed E-state index contributed by atoms with van der Waals surface area (Å²) in [6.07, 6.45) is 1.57. The van der Waals surface area contributed by atoms with Crippen LogP contribution in [0.1, 0.15) is 42.4 Å². The molecule has 0 saturated heterocycles. The van der Waals surface area contributed by atoms with Crippen LogP contribution in [0.15, 0.2) is 54.6 Å². The summed E-state index contributed by atoms with van der Waals surface area (Å²) in [5.41, 5.74) is 8.03. The second-order valence-corrected chi connectivity index (χ2v) is 7.55. The van der Waals surface area contributed by atoms with Gasteiger partial charge in [-0.05, 0) is 36.8 Å². The molecule has 0 aromatic heterocycles. The molecule has 2 aromatic rings. The van der Waals surface area contributed by atoms with E-state index in [1.807, 2.05) is 42.5 Å². The number of nitrogen functional groups attached to an aromatic ring is 1. The van der Waals surface area contributed by atoms with Crippen molar-refractivity contribution in [2.45, 2.75) is 44.8 Å². The predicted octanol–water partition coefficient (Wildman–Crippen LogP) is 2.57. The Labute approximate surface area is 192 Å². The first kappa shape index (κ1) is 25.4. The molecule has 0 radical (unpaired) electrons. The highest BCUT2D eigenvalue weighted by Gasteiger charge is 2.21. The van der Waals surface area contributed by atoms with Crippen molar-refractivity contribution in [2.75, 3.05) is 6.54 Å². The van der Waals surface area contributed by atoms with E-state index < -0.39 is 18.1 Å². The second kappa shape index (κ2) is 13.5. The number of nitrogens with two attached hydrogens (primary N) is 1. The van der Waals surface area contributed by atoms with Gasteiger partial charge < -0.3 is 26.2 Å². The zero-order valence-corrected chi connectivity index (χ0v) is 18.4. The molecule has 0 aliphatic heterocycles. The Morgan fingerprint density at radius 2 is 1.70 bits per heavy atom. The summed E-state index contributed by atoms with van der Waals surface area (Å²) < 4.78 is 5.03. The fraction of sp³-hybridized carbons (Fsp3) is 0.333. The van der Waals surface area contributed by atoms with Crippen LogP contribution in [0.5, 0.6) is 0 Å². The van der Waals surface area contributed by atoms with Gasteiger partial charge in [0.05, 0.1) is 0 Å². The molecule has 9 nitrogen and oxygen atoms in total. The molecular weight excluding hydrogens is 424 g/mol. The lowest BCUT2D eigenvalue weighted by Gasteiger charge is -2.14. The molecule has 2 rings (SSSR count). The molecule has 176 valence electrons. The van der Waals surface area contributed by atoms with Gasteiger partial charge in [0.15, 0.2) is 0 Å². The summed E-state index contributed by atoms with van der Waals surface area (Å²) in [7, 11) is 0. The number of hydrogen-bond donors (Lipinski definition) is 5. The maximum Gasteiger partial charge on any atom is 0.408 e. The fourth-order valence-electron chi connectivity index (χ4n) is 3.06. The van der Waals surface area contributed by atoms with Crippen LogP contribution in [0, 0.1) is 5.41 Å². The predicted molar refractivity (Wildman–Crippen MR) is 124 cm³/mol. The smallest absolute Gasteiger partial charge is 0.408 e. The van der Waals surface area contributed by atoms with Crippen LogP contribution in [0.2, 0.25) is 0 Å². The molecule has 1 unspecified atom stereocenters. The van der Waals surface area contributed by atoms with Crippen LogP contribution >= 0.6 is 0 Å². The van der Waals surface area contributed by atoms with E-state index in [1.54, 1.807) is 12.1 Å². The lowest BCUT2D eigenvalue weighted by Crippen LogP contribution is -2.41. The van der Waals surface area contributed by atoms with Crippen LogP contribution in [-0.2, 0) is 27.4 Å². The van der Waals surface area contributed by atoms with Gasteiger partial charge in [0.1, 0.15) is 18.5 Å². The molecule has 0 fully saturated rings. The van der Waals surface area contributed by atoms with Gasteiger partial charge in [-0.15, -0.1) is 0 Å². The van der Waals surface area contributed by atoms with Gasteiger partial charge >= 0.3 is 12.1 Å². The number of benzene rings is 2. The van der Waals surface area contributed by atoms with Crippen molar-refractivity contribution in [1.82, 2.24) is 10.6 Å². The molecule has 0 bridgehead atoms. The van der Waals surface area contributed by atoms with Crippen molar-refractivity contribution in [2.24, 2.45) is 5.73 Å². The van der Waals surface area contributed by atoms with E-state index in [0.29, 0.717) is 12.1 Å². The van der Waals surface area contributed by atoms with Crippen molar-refractivity contribution < 1.29 is 24.2 Å². The molecule has 0 spiro atoms. The number of aliphatic carboxylic acids is 1. The van der Waals surface area contributed by atoms with Gasteiger partial charge in [-0.3, -0.25) is 10.2 Å². The molecule has 0 aliphatic rings. The second-order valence-electron chi connectivity index (χ2n) is 7.55. The minimum Gasteiger partial charge on any atom is -0.480 e. The number of unbranched alkanes of at least 4 members (excludes halogenated alkanes) is 1. The summed E-state index contributed by atoms with van der Waals surface area (Å²) in [6, 6.07) is 15.3. The third-order valence-electron chi connectivity index (χ3n) is 4.94. The average Bonchev–Trinajstić information content (AvgIpc) is 2.81. The molecule has 0 heterocycles. The molecule has 2 amide bonds. The van der Waals surface area contributed by atoms with Crippen LogP contribution in [0.25, 0.3) is 0 Å². The number of carbonyl (C=O) groups excluding carboxylic acids is 2. The Bertz CT molecular complexity index is 932. The van der Waals surface area contributed by atoms with E-state index in [4.69, 9.17) is 15.9 Å². The highest BCUT2D eigenvalue weighted by Crippen LogP contribution is 2.08. The number of carbonyl (C=O) groups is 3. The lowest BCUT2D eigenvalue weighted by molar-refractivity contribution is -0.139. The number of nitrogens with one attached hydrogen (secondary N) is 3. The van der Waals surface area contributed by atoms with E-state index in [1.165, 1.54) is 0 Å².